The first-order valence-corrected chi connectivity index (χ1v) is 15.2. The van der Waals surface area contributed by atoms with E-state index < -0.39 is 41.6 Å². The number of rotatable bonds is 9. The van der Waals surface area contributed by atoms with Gasteiger partial charge in [0, 0.05) is 48.9 Å². The third-order valence-electron chi connectivity index (χ3n) is 8.19. The largest absolute Gasteiger partial charge is 0.493 e. The van der Waals surface area contributed by atoms with E-state index in [4.69, 9.17) is 32.7 Å². The Morgan fingerprint density at radius 1 is 0.956 bits per heavy atom. The van der Waals surface area contributed by atoms with Crippen LogP contribution in [0, 0.1) is 0 Å². The highest BCUT2D eigenvalue weighted by Gasteiger charge is 2.55. The van der Waals surface area contributed by atoms with Gasteiger partial charge in [0.25, 0.3) is 5.91 Å². The third-order valence-corrected chi connectivity index (χ3v) is 8.69. The Bertz CT molecular complexity index is 1450. The number of carbonyl (C=O) groups is 2. The second-order valence-electron chi connectivity index (χ2n) is 10.8. The van der Waals surface area contributed by atoms with Gasteiger partial charge >= 0.3 is 6.18 Å². The van der Waals surface area contributed by atoms with Crippen molar-refractivity contribution in [1.82, 2.24) is 20.4 Å². The Kier molecular flexibility index (Phi) is 10.1. The van der Waals surface area contributed by atoms with Crippen LogP contribution in [-0.4, -0.2) is 68.1 Å². The number of alkyl halides is 3. The minimum absolute atomic E-state index is 0.0720. The van der Waals surface area contributed by atoms with Crippen molar-refractivity contribution in [3.63, 3.8) is 0 Å². The predicted molar refractivity (Wildman–Crippen MR) is 164 cm³/mol. The van der Waals surface area contributed by atoms with Crippen molar-refractivity contribution < 1.29 is 32.2 Å². The number of halogens is 5. The van der Waals surface area contributed by atoms with Gasteiger partial charge in [0.1, 0.15) is 5.75 Å². The lowest BCUT2D eigenvalue weighted by atomic mass is 9.94. The molecule has 2 aliphatic heterocycles. The van der Waals surface area contributed by atoms with Gasteiger partial charge in [-0.25, -0.2) is 0 Å². The first kappa shape index (κ1) is 33.2. The molecule has 0 radical (unpaired) electrons. The van der Waals surface area contributed by atoms with Crippen molar-refractivity contribution in [2.75, 3.05) is 39.9 Å². The molecular formula is C32H33Cl2F3N4O4. The number of nitrogens with zero attached hydrogens (tertiary/aromatic N) is 2. The molecule has 1 amide bonds. The molecule has 0 bridgehead atoms. The summed E-state index contributed by atoms with van der Waals surface area (Å²) in [5.41, 5.74) is -0.804. The molecule has 5 rings (SSSR count). The predicted octanol–water partition coefficient (Wildman–Crippen LogP) is 5.55. The summed E-state index contributed by atoms with van der Waals surface area (Å²) in [6.45, 7) is 2.94. The minimum atomic E-state index is -4.62. The van der Waals surface area contributed by atoms with Gasteiger partial charge in [0.2, 0.25) is 0 Å². The summed E-state index contributed by atoms with van der Waals surface area (Å²) in [6.07, 6.45) is -4.67. The molecule has 3 aromatic rings. The number of amides is 1. The number of hydrogen-bond acceptors (Lipinski definition) is 7. The smallest absolute Gasteiger partial charge is 0.416 e. The number of nitrogens with one attached hydrogen (secondary N) is 2. The standard InChI is InChI=1S/C32H33Cl2F3N4O4/c1-3-45-26-18-22(32(35,36)37)8-13-25(26)31(30(43)41-16-14-40(15-17-41)27(19-42)44-2)38-28(20-4-9-23(33)10-5-20)29(39-31)21-6-11-24(34)12-7-21/h4-13,18-19,27-29,38-39H,3,14-17H2,1-2H3. The molecule has 0 aromatic heterocycles. The van der Waals surface area contributed by atoms with Crippen molar-refractivity contribution in [1.29, 1.82) is 0 Å². The van der Waals surface area contributed by atoms with Crippen LogP contribution < -0.4 is 15.4 Å². The van der Waals surface area contributed by atoms with Crippen LogP contribution in [0.5, 0.6) is 5.75 Å². The second-order valence-corrected chi connectivity index (χ2v) is 11.7. The van der Waals surface area contributed by atoms with Gasteiger partial charge in [-0.3, -0.25) is 25.1 Å². The number of carbonyl (C=O) groups excluding carboxylic acids is 2. The lowest BCUT2D eigenvalue weighted by Crippen LogP contribution is -2.63. The van der Waals surface area contributed by atoms with Crippen molar-refractivity contribution >= 4 is 35.4 Å². The molecule has 3 atom stereocenters. The molecule has 45 heavy (non-hydrogen) atoms. The van der Waals surface area contributed by atoms with Crippen LogP contribution in [0.1, 0.15) is 41.3 Å². The number of hydrogen-bond donors (Lipinski definition) is 2. The zero-order chi connectivity index (χ0) is 32.4. The number of piperazine rings is 1. The number of ether oxygens (including phenoxy) is 2. The molecule has 2 heterocycles. The number of benzene rings is 3. The number of methoxy groups -OCH3 is 1. The second kappa shape index (κ2) is 13.7. The maximum atomic E-state index is 14.8. The zero-order valence-corrected chi connectivity index (χ0v) is 26.1. The van der Waals surface area contributed by atoms with Crippen LogP contribution >= 0.6 is 23.2 Å². The van der Waals surface area contributed by atoms with Crippen LogP contribution in [0.4, 0.5) is 13.2 Å². The van der Waals surface area contributed by atoms with Crippen molar-refractivity contribution in [3.8, 4) is 5.75 Å². The molecule has 8 nitrogen and oxygen atoms in total. The summed E-state index contributed by atoms with van der Waals surface area (Å²) in [6, 6.07) is 16.4. The Morgan fingerprint density at radius 2 is 1.49 bits per heavy atom. The van der Waals surface area contributed by atoms with Gasteiger partial charge < -0.3 is 14.4 Å². The molecule has 2 fully saturated rings. The molecule has 3 aromatic carbocycles. The van der Waals surface area contributed by atoms with Crippen molar-refractivity contribution in [2.45, 2.75) is 37.1 Å². The Morgan fingerprint density at radius 3 is 1.93 bits per heavy atom. The van der Waals surface area contributed by atoms with E-state index in [1.807, 2.05) is 29.2 Å². The first-order chi connectivity index (χ1) is 21.5. The molecule has 0 spiro atoms. The van der Waals surface area contributed by atoms with Gasteiger partial charge in [-0.15, -0.1) is 0 Å². The zero-order valence-electron chi connectivity index (χ0n) is 24.6. The van der Waals surface area contributed by atoms with E-state index in [0.717, 1.165) is 23.3 Å². The normalized spacial score (nSPS) is 23.1. The van der Waals surface area contributed by atoms with Crippen molar-refractivity contribution in [3.05, 3.63) is 99.0 Å². The van der Waals surface area contributed by atoms with Crippen LogP contribution in [0.25, 0.3) is 0 Å². The van der Waals surface area contributed by atoms with Gasteiger partial charge in [-0.05, 0) is 54.4 Å². The molecule has 240 valence electrons. The summed E-state index contributed by atoms with van der Waals surface area (Å²) in [5.74, 6) is -0.482. The molecule has 13 heteroatoms. The fourth-order valence-corrected chi connectivity index (χ4v) is 6.20. The van der Waals surface area contributed by atoms with Gasteiger partial charge in [-0.2, -0.15) is 13.2 Å². The van der Waals surface area contributed by atoms with Crippen LogP contribution in [0.2, 0.25) is 10.0 Å². The molecule has 2 saturated heterocycles. The topological polar surface area (TPSA) is 83.1 Å². The average Bonchev–Trinajstić information content (AvgIpc) is 3.44. The SMILES string of the molecule is CCOc1cc(C(F)(F)F)ccc1C1(C(=O)N2CCN(C(C=O)OC)CC2)NC(c2ccc(Cl)cc2)C(c2ccc(Cl)cc2)N1. The van der Waals surface area contributed by atoms with E-state index >= 15 is 0 Å². The summed E-state index contributed by atoms with van der Waals surface area (Å²) >= 11 is 12.4. The lowest BCUT2D eigenvalue weighted by molar-refractivity contribution is -0.145. The molecule has 0 saturated carbocycles. The van der Waals surface area contributed by atoms with E-state index in [1.165, 1.54) is 13.2 Å². The van der Waals surface area contributed by atoms with Gasteiger partial charge in [-0.1, -0.05) is 53.5 Å². The maximum Gasteiger partial charge on any atom is 0.416 e. The van der Waals surface area contributed by atoms with E-state index in [2.05, 4.69) is 10.6 Å². The molecular weight excluding hydrogens is 632 g/mol. The molecule has 2 N–H and O–H groups in total. The molecule has 2 aliphatic rings. The highest BCUT2D eigenvalue weighted by Crippen LogP contribution is 2.46. The molecule has 3 unspecified atom stereocenters. The van der Waals surface area contributed by atoms with E-state index in [0.29, 0.717) is 29.4 Å². The maximum absolute atomic E-state index is 14.8. The van der Waals surface area contributed by atoms with Crippen molar-refractivity contribution in [2.24, 2.45) is 0 Å². The van der Waals surface area contributed by atoms with Crippen LogP contribution in [0.15, 0.2) is 66.7 Å². The lowest BCUT2D eigenvalue weighted by Gasteiger charge is -2.41. The molecule has 0 aliphatic carbocycles. The monoisotopic (exact) mass is 664 g/mol. The fourth-order valence-electron chi connectivity index (χ4n) is 5.95. The first-order valence-electron chi connectivity index (χ1n) is 14.4. The third kappa shape index (κ3) is 6.84. The van der Waals surface area contributed by atoms with Gasteiger partial charge in [0.05, 0.1) is 24.3 Å². The average molecular weight is 666 g/mol. The summed E-state index contributed by atoms with van der Waals surface area (Å²) in [5, 5.41) is 8.05. The fraction of sp³-hybridized carbons (Fsp3) is 0.375. The van der Waals surface area contributed by atoms with E-state index in [9.17, 15) is 22.8 Å². The number of aldehydes is 1. The summed E-state index contributed by atoms with van der Waals surface area (Å²) in [7, 11) is 1.44. The Labute approximate surface area is 269 Å². The Hall–Kier alpha value is -3.19. The summed E-state index contributed by atoms with van der Waals surface area (Å²) in [4.78, 5) is 29.7. The van der Waals surface area contributed by atoms with E-state index in [-0.39, 0.29) is 31.0 Å². The highest BCUT2D eigenvalue weighted by atomic mass is 35.5. The van der Waals surface area contributed by atoms with Gasteiger partial charge in [0.15, 0.2) is 18.2 Å². The quantitative estimate of drug-likeness (QED) is 0.290. The summed E-state index contributed by atoms with van der Waals surface area (Å²) < 4.78 is 52.5. The Balaban J connectivity index is 1.64. The highest BCUT2D eigenvalue weighted by molar-refractivity contribution is 6.30. The van der Waals surface area contributed by atoms with E-state index in [1.54, 1.807) is 36.1 Å². The van der Waals surface area contributed by atoms with Crippen LogP contribution in [0.3, 0.4) is 0 Å². The van der Waals surface area contributed by atoms with Crippen LogP contribution in [-0.2, 0) is 26.2 Å². The minimum Gasteiger partial charge on any atom is -0.493 e.